The van der Waals surface area contributed by atoms with Crippen molar-refractivity contribution in [1.29, 1.82) is 0 Å². The van der Waals surface area contributed by atoms with Gasteiger partial charge < -0.3 is 9.73 Å². The highest BCUT2D eigenvalue weighted by Crippen LogP contribution is 2.29. The molecule has 3 rings (SSSR count). The molecule has 0 spiro atoms. The molecule has 1 N–H and O–H groups in total. The molecule has 1 aliphatic heterocycles. The Morgan fingerprint density at radius 1 is 1.24 bits per heavy atom. The molecule has 2 heterocycles. The van der Waals surface area contributed by atoms with Gasteiger partial charge in [0.15, 0.2) is 0 Å². The van der Waals surface area contributed by atoms with Gasteiger partial charge in [-0.2, -0.15) is 0 Å². The van der Waals surface area contributed by atoms with Crippen LogP contribution >= 0.6 is 0 Å². The highest BCUT2D eigenvalue weighted by Gasteiger charge is 2.26. The molecule has 4 heteroatoms. The summed E-state index contributed by atoms with van der Waals surface area (Å²) in [6.07, 6.45) is 8.72. The summed E-state index contributed by atoms with van der Waals surface area (Å²) in [5, 5.41) is 2.74. The number of hydrogen-bond acceptors (Lipinski definition) is 3. The molecule has 1 fully saturated rings. The lowest BCUT2D eigenvalue weighted by Crippen LogP contribution is -2.32. The minimum Gasteiger partial charge on any atom is -0.427 e. The lowest BCUT2D eigenvalue weighted by Gasteiger charge is -2.23. The Kier molecular flexibility index (Phi) is 3.95. The highest BCUT2D eigenvalue weighted by atomic mass is 16.4. The van der Waals surface area contributed by atoms with Crippen molar-refractivity contribution >= 4 is 5.91 Å². The summed E-state index contributed by atoms with van der Waals surface area (Å²) in [4.78, 5) is 23.8. The van der Waals surface area contributed by atoms with Crippen LogP contribution in [0, 0.1) is 5.92 Å². The molecule has 2 aliphatic rings. The number of carbonyl (C=O) groups excluding carboxylic acids is 1. The minimum atomic E-state index is -0.366. The van der Waals surface area contributed by atoms with Gasteiger partial charge in [0, 0.05) is 18.2 Å². The van der Waals surface area contributed by atoms with Crippen molar-refractivity contribution in [2.45, 2.75) is 51.4 Å². The maximum absolute atomic E-state index is 12.1. The maximum Gasteiger partial charge on any atom is 0.336 e. The minimum absolute atomic E-state index is 0.191. The molecule has 1 amide bonds. The number of hydrogen-bond donors (Lipinski definition) is 1. The monoisotopic (exact) mass is 287 g/mol. The number of allylic oxidation sites excluding steroid dienone is 1. The molecule has 0 saturated heterocycles. The Bertz CT molecular complexity index is 623. The van der Waals surface area contributed by atoms with Gasteiger partial charge >= 0.3 is 5.63 Å². The summed E-state index contributed by atoms with van der Waals surface area (Å²) in [6.45, 7) is 3.75. The van der Waals surface area contributed by atoms with Gasteiger partial charge in [-0.15, -0.1) is 0 Å². The summed E-state index contributed by atoms with van der Waals surface area (Å²) in [7, 11) is 0. The van der Waals surface area contributed by atoms with Crippen molar-refractivity contribution in [2.75, 3.05) is 0 Å². The number of carbonyl (C=O) groups is 1. The van der Waals surface area contributed by atoms with Crippen LogP contribution in [0.3, 0.4) is 0 Å². The van der Waals surface area contributed by atoms with Crippen LogP contribution in [0.1, 0.15) is 60.2 Å². The van der Waals surface area contributed by atoms with E-state index in [1.54, 1.807) is 0 Å². The van der Waals surface area contributed by atoms with Crippen molar-refractivity contribution in [2.24, 2.45) is 5.92 Å². The number of aryl methyl sites for hydroxylation is 1. The third-order valence-electron chi connectivity index (χ3n) is 4.55. The van der Waals surface area contributed by atoms with Gasteiger partial charge in [-0.3, -0.25) is 4.79 Å². The first-order chi connectivity index (χ1) is 10.1. The fourth-order valence-corrected chi connectivity index (χ4v) is 3.49. The van der Waals surface area contributed by atoms with E-state index in [0.29, 0.717) is 23.4 Å². The zero-order valence-electron chi connectivity index (χ0n) is 12.2. The number of nitrogens with one attached hydrogen (secondary N) is 1. The van der Waals surface area contributed by atoms with Gasteiger partial charge in [0.2, 0.25) is 0 Å². The molecule has 0 atom stereocenters. The highest BCUT2D eigenvalue weighted by molar-refractivity contribution is 5.98. The Morgan fingerprint density at radius 3 is 2.76 bits per heavy atom. The molecule has 1 aliphatic carbocycles. The Labute approximate surface area is 124 Å². The van der Waals surface area contributed by atoms with Crippen LogP contribution in [0.5, 0.6) is 0 Å². The molecule has 0 aromatic carbocycles. The fraction of sp³-hybridized carbons (Fsp3) is 0.529. The lowest BCUT2D eigenvalue weighted by molar-refractivity contribution is 0.0952. The first-order valence-electron chi connectivity index (χ1n) is 7.78. The van der Waals surface area contributed by atoms with Crippen molar-refractivity contribution < 1.29 is 9.21 Å². The predicted molar refractivity (Wildman–Crippen MR) is 80.2 cm³/mol. The molecular weight excluding hydrogens is 266 g/mol. The Morgan fingerprint density at radius 2 is 2.00 bits per heavy atom. The first-order valence-corrected chi connectivity index (χ1v) is 7.78. The van der Waals surface area contributed by atoms with Crippen LogP contribution in [0.15, 0.2) is 27.6 Å². The van der Waals surface area contributed by atoms with Crippen molar-refractivity contribution in [3.63, 3.8) is 0 Å². The van der Waals surface area contributed by atoms with Crippen LogP contribution in [0.25, 0.3) is 0 Å². The molecule has 1 saturated carbocycles. The predicted octanol–water partition coefficient (Wildman–Crippen LogP) is 2.95. The molecule has 4 nitrogen and oxygen atoms in total. The number of fused-ring (bicyclic) bond motifs is 1. The van der Waals surface area contributed by atoms with Crippen molar-refractivity contribution in [3.05, 3.63) is 45.6 Å². The van der Waals surface area contributed by atoms with E-state index in [-0.39, 0.29) is 11.5 Å². The molecule has 0 bridgehead atoms. The third-order valence-corrected chi connectivity index (χ3v) is 4.55. The second kappa shape index (κ2) is 5.88. The molecule has 21 heavy (non-hydrogen) atoms. The molecule has 0 unspecified atom stereocenters. The first kappa shape index (κ1) is 14.1. The SMILES string of the molecule is C=C1Cc2oc(=O)cc(CCC3CCCCC3)c2C(=O)N1. The normalized spacial score (nSPS) is 19.2. The van der Waals surface area contributed by atoms with E-state index in [1.807, 2.05) is 0 Å². The largest absolute Gasteiger partial charge is 0.427 e. The van der Waals surface area contributed by atoms with E-state index < -0.39 is 0 Å². The molecule has 1 aromatic heterocycles. The summed E-state index contributed by atoms with van der Waals surface area (Å²) in [5.41, 5.74) is 1.60. The summed E-state index contributed by atoms with van der Waals surface area (Å²) in [5.74, 6) is 1.00. The summed E-state index contributed by atoms with van der Waals surface area (Å²) >= 11 is 0. The Balaban J connectivity index is 1.83. The van der Waals surface area contributed by atoms with Gasteiger partial charge in [0.25, 0.3) is 5.91 Å². The second-order valence-corrected chi connectivity index (χ2v) is 6.17. The van der Waals surface area contributed by atoms with Gasteiger partial charge in [0.05, 0.1) is 5.56 Å². The van der Waals surface area contributed by atoms with E-state index in [1.165, 1.54) is 38.2 Å². The quantitative estimate of drug-likeness (QED) is 0.929. The van der Waals surface area contributed by atoms with E-state index >= 15 is 0 Å². The van der Waals surface area contributed by atoms with E-state index in [4.69, 9.17) is 4.42 Å². The molecular formula is C17H21NO3. The van der Waals surface area contributed by atoms with E-state index in [9.17, 15) is 9.59 Å². The summed E-state index contributed by atoms with van der Waals surface area (Å²) in [6, 6.07) is 1.48. The van der Waals surface area contributed by atoms with Crippen LogP contribution in [-0.4, -0.2) is 5.91 Å². The Hall–Kier alpha value is -1.84. The smallest absolute Gasteiger partial charge is 0.336 e. The van der Waals surface area contributed by atoms with Gasteiger partial charge in [-0.05, 0) is 24.3 Å². The third kappa shape index (κ3) is 3.09. The average Bonchev–Trinajstić information content (AvgIpc) is 2.44. The van der Waals surface area contributed by atoms with E-state index in [0.717, 1.165) is 24.3 Å². The zero-order chi connectivity index (χ0) is 14.8. The zero-order valence-corrected chi connectivity index (χ0v) is 12.2. The maximum atomic E-state index is 12.1. The molecule has 112 valence electrons. The van der Waals surface area contributed by atoms with Crippen LogP contribution < -0.4 is 10.9 Å². The average molecular weight is 287 g/mol. The van der Waals surface area contributed by atoms with Gasteiger partial charge in [-0.1, -0.05) is 38.7 Å². The van der Waals surface area contributed by atoms with Crippen LogP contribution in [0.2, 0.25) is 0 Å². The van der Waals surface area contributed by atoms with Crippen LogP contribution in [0.4, 0.5) is 0 Å². The van der Waals surface area contributed by atoms with E-state index in [2.05, 4.69) is 11.9 Å². The fourth-order valence-electron chi connectivity index (χ4n) is 3.49. The van der Waals surface area contributed by atoms with Gasteiger partial charge in [0.1, 0.15) is 5.76 Å². The summed E-state index contributed by atoms with van der Waals surface area (Å²) < 4.78 is 5.20. The van der Waals surface area contributed by atoms with Gasteiger partial charge in [-0.25, -0.2) is 4.79 Å². The van der Waals surface area contributed by atoms with Crippen molar-refractivity contribution in [3.8, 4) is 0 Å². The van der Waals surface area contributed by atoms with Crippen molar-refractivity contribution in [1.82, 2.24) is 5.32 Å². The standard InChI is InChI=1S/C17H21NO3/c1-11-9-14-16(17(20)18-11)13(10-15(19)21-14)8-7-12-5-3-2-4-6-12/h10,12H,1-9H2,(H,18,20). The topological polar surface area (TPSA) is 59.3 Å². The number of rotatable bonds is 3. The lowest BCUT2D eigenvalue weighted by atomic mass is 9.84. The van der Waals surface area contributed by atoms with Crippen LogP contribution in [-0.2, 0) is 12.8 Å². The number of amides is 1. The second-order valence-electron chi connectivity index (χ2n) is 6.17. The molecule has 1 aromatic rings. The molecule has 0 radical (unpaired) electrons.